The molecule has 0 aromatic carbocycles. The molecular formula is C16H28N4O2. The third-order valence-electron chi connectivity index (χ3n) is 4.39. The van der Waals surface area contributed by atoms with E-state index in [0.717, 1.165) is 12.0 Å². The molecule has 1 N–H and O–H groups in total. The molecule has 1 aromatic rings. The molecule has 0 aliphatic carbocycles. The number of amides is 1. The van der Waals surface area contributed by atoms with E-state index in [2.05, 4.69) is 31.2 Å². The van der Waals surface area contributed by atoms with Crippen LogP contribution < -0.4 is 5.32 Å². The molecule has 0 unspecified atom stereocenters. The van der Waals surface area contributed by atoms with E-state index in [4.69, 9.17) is 4.74 Å². The maximum Gasteiger partial charge on any atom is 0.236 e. The summed E-state index contributed by atoms with van der Waals surface area (Å²) in [6.45, 7) is 10.7. The normalized spacial score (nSPS) is 21.6. The molecule has 1 aliphatic rings. The highest BCUT2D eigenvalue weighted by Crippen LogP contribution is 2.11. The fourth-order valence-electron chi connectivity index (χ4n) is 2.61. The van der Waals surface area contributed by atoms with Crippen molar-refractivity contribution in [1.82, 2.24) is 20.0 Å². The number of morpholine rings is 1. The number of nitrogens with one attached hydrogen (secondary N) is 1. The molecule has 1 amide bonds. The van der Waals surface area contributed by atoms with Crippen LogP contribution in [0.1, 0.15) is 38.8 Å². The maximum atomic E-state index is 12.3. The summed E-state index contributed by atoms with van der Waals surface area (Å²) in [6.07, 6.45) is 5.01. The van der Waals surface area contributed by atoms with Crippen LogP contribution in [0.15, 0.2) is 12.4 Å². The van der Waals surface area contributed by atoms with Crippen LogP contribution in [0.5, 0.6) is 0 Å². The number of rotatable bonds is 6. The third-order valence-corrected chi connectivity index (χ3v) is 4.39. The number of carbonyl (C=O) groups excluding carboxylic acids is 1. The van der Waals surface area contributed by atoms with Crippen molar-refractivity contribution in [2.24, 2.45) is 0 Å². The van der Waals surface area contributed by atoms with E-state index in [1.165, 1.54) is 0 Å². The summed E-state index contributed by atoms with van der Waals surface area (Å²) < 4.78 is 7.55. The molecule has 22 heavy (non-hydrogen) atoms. The molecule has 6 heteroatoms. The summed E-state index contributed by atoms with van der Waals surface area (Å²) in [6, 6.07) is 0.376. The minimum absolute atomic E-state index is 0.150. The van der Waals surface area contributed by atoms with Gasteiger partial charge in [0, 0.05) is 25.3 Å². The van der Waals surface area contributed by atoms with Crippen LogP contribution in [0.25, 0.3) is 0 Å². The standard InChI is InChI=1S/C16H28N4O2/c1-5-15-11-19(6-7-22-15)16(21)9-17-13(3)14(4)20-10-12(2)8-18-20/h8,10,13-15,17H,5-7,9,11H2,1-4H3/t13-,14+,15+/m0/s1. The zero-order chi connectivity index (χ0) is 16.1. The van der Waals surface area contributed by atoms with Crippen molar-refractivity contribution in [3.05, 3.63) is 18.0 Å². The molecule has 6 nitrogen and oxygen atoms in total. The van der Waals surface area contributed by atoms with Crippen LogP contribution in [0.3, 0.4) is 0 Å². The highest BCUT2D eigenvalue weighted by molar-refractivity contribution is 5.78. The van der Waals surface area contributed by atoms with E-state index in [-0.39, 0.29) is 24.1 Å². The first kappa shape index (κ1) is 17.0. The maximum absolute atomic E-state index is 12.3. The fraction of sp³-hybridized carbons (Fsp3) is 0.750. The van der Waals surface area contributed by atoms with Crippen LogP contribution in [0.4, 0.5) is 0 Å². The van der Waals surface area contributed by atoms with Gasteiger partial charge in [-0.05, 0) is 32.8 Å². The van der Waals surface area contributed by atoms with Crippen LogP contribution in [-0.2, 0) is 9.53 Å². The van der Waals surface area contributed by atoms with Gasteiger partial charge in [0.1, 0.15) is 0 Å². The van der Waals surface area contributed by atoms with Gasteiger partial charge >= 0.3 is 0 Å². The second kappa shape index (κ2) is 7.74. The van der Waals surface area contributed by atoms with Crippen molar-refractivity contribution < 1.29 is 9.53 Å². The Morgan fingerprint density at radius 3 is 2.95 bits per heavy atom. The summed E-state index contributed by atoms with van der Waals surface area (Å²) in [5.74, 6) is 0.150. The number of ether oxygens (including phenoxy) is 1. The van der Waals surface area contributed by atoms with Gasteiger partial charge in [-0.15, -0.1) is 0 Å². The molecule has 1 saturated heterocycles. The summed E-state index contributed by atoms with van der Waals surface area (Å²) in [7, 11) is 0. The lowest BCUT2D eigenvalue weighted by molar-refractivity contribution is -0.138. The summed E-state index contributed by atoms with van der Waals surface area (Å²) in [4.78, 5) is 14.2. The average Bonchev–Trinajstić information content (AvgIpc) is 2.98. The van der Waals surface area contributed by atoms with Crippen molar-refractivity contribution in [3.8, 4) is 0 Å². The first-order valence-electron chi connectivity index (χ1n) is 8.14. The Hall–Kier alpha value is -1.40. The second-order valence-corrected chi connectivity index (χ2v) is 6.15. The zero-order valence-corrected chi connectivity index (χ0v) is 14.1. The highest BCUT2D eigenvalue weighted by atomic mass is 16.5. The van der Waals surface area contributed by atoms with Gasteiger partial charge in [0.25, 0.3) is 0 Å². The molecule has 0 radical (unpaired) electrons. The van der Waals surface area contributed by atoms with Crippen molar-refractivity contribution in [2.75, 3.05) is 26.2 Å². The van der Waals surface area contributed by atoms with E-state index in [1.54, 1.807) is 0 Å². The fourth-order valence-corrected chi connectivity index (χ4v) is 2.61. The van der Waals surface area contributed by atoms with Crippen molar-refractivity contribution in [1.29, 1.82) is 0 Å². The van der Waals surface area contributed by atoms with E-state index < -0.39 is 0 Å². The SMILES string of the molecule is CC[C@@H]1CN(C(=O)CN[C@@H](C)[C@@H](C)n2cc(C)cn2)CCO1. The molecule has 0 bridgehead atoms. The van der Waals surface area contributed by atoms with Gasteiger partial charge in [-0.25, -0.2) is 0 Å². The lowest BCUT2D eigenvalue weighted by Crippen LogP contribution is -2.49. The van der Waals surface area contributed by atoms with E-state index in [9.17, 15) is 4.79 Å². The minimum Gasteiger partial charge on any atom is -0.375 e. The van der Waals surface area contributed by atoms with E-state index in [0.29, 0.717) is 26.2 Å². The summed E-state index contributed by atoms with van der Waals surface area (Å²) >= 11 is 0. The van der Waals surface area contributed by atoms with Crippen LogP contribution in [0, 0.1) is 6.92 Å². The predicted octanol–water partition coefficient (Wildman–Crippen LogP) is 1.37. The van der Waals surface area contributed by atoms with Crippen LogP contribution in [0.2, 0.25) is 0 Å². The number of aryl methyl sites for hydroxylation is 1. The Bertz CT molecular complexity index is 488. The van der Waals surface area contributed by atoms with Gasteiger partial charge in [-0.2, -0.15) is 5.10 Å². The van der Waals surface area contributed by atoms with Crippen LogP contribution in [-0.4, -0.2) is 59.0 Å². The summed E-state index contributed by atoms with van der Waals surface area (Å²) in [5.41, 5.74) is 1.15. The van der Waals surface area contributed by atoms with Gasteiger partial charge in [0.15, 0.2) is 0 Å². The van der Waals surface area contributed by atoms with Gasteiger partial charge in [-0.1, -0.05) is 6.92 Å². The number of carbonyl (C=O) groups is 1. The number of aromatic nitrogens is 2. The Morgan fingerprint density at radius 1 is 1.55 bits per heavy atom. The molecule has 0 saturated carbocycles. The Labute approximate surface area is 132 Å². The summed E-state index contributed by atoms with van der Waals surface area (Å²) in [5, 5.41) is 7.67. The lowest BCUT2D eigenvalue weighted by Gasteiger charge is -2.33. The molecule has 1 aromatic heterocycles. The van der Waals surface area contributed by atoms with Gasteiger partial charge in [0.05, 0.1) is 31.5 Å². The highest BCUT2D eigenvalue weighted by Gasteiger charge is 2.23. The Balaban J connectivity index is 1.80. The molecule has 1 fully saturated rings. The van der Waals surface area contributed by atoms with Crippen molar-refractivity contribution in [2.45, 2.75) is 52.3 Å². The van der Waals surface area contributed by atoms with Crippen molar-refractivity contribution in [3.63, 3.8) is 0 Å². The minimum atomic E-state index is 0.150. The van der Waals surface area contributed by atoms with Gasteiger partial charge in [-0.3, -0.25) is 9.48 Å². The lowest BCUT2D eigenvalue weighted by atomic mass is 10.1. The zero-order valence-electron chi connectivity index (χ0n) is 14.1. The number of hydrogen-bond donors (Lipinski definition) is 1. The van der Waals surface area contributed by atoms with Gasteiger partial charge in [0.2, 0.25) is 5.91 Å². The Kier molecular flexibility index (Phi) is 5.97. The Morgan fingerprint density at radius 2 is 2.32 bits per heavy atom. The average molecular weight is 308 g/mol. The monoisotopic (exact) mass is 308 g/mol. The first-order chi connectivity index (χ1) is 10.5. The smallest absolute Gasteiger partial charge is 0.236 e. The van der Waals surface area contributed by atoms with Gasteiger partial charge < -0.3 is 15.0 Å². The molecule has 1 aliphatic heterocycles. The molecular weight excluding hydrogens is 280 g/mol. The molecule has 0 spiro atoms. The molecule has 2 rings (SSSR count). The first-order valence-corrected chi connectivity index (χ1v) is 8.14. The third kappa shape index (κ3) is 4.30. The number of hydrogen-bond acceptors (Lipinski definition) is 4. The number of nitrogens with zero attached hydrogens (tertiary/aromatic N) is 3. The molecule has 3 atom stereocenters. The predicted molar refractivity (Wildman–Crippen MR) is 85.8 cm³/mol. The van der Waals surface area contributed by atoms with E-state index >= 15 is 0 Å². The second-order valence-electron chi connectivity index (χ2n) is 6.15. The largest absolute Gasteiger partial charge is 0.375 e. The van der Waals surface area contributed by atoms with E-state index in [1.807, 2.05) is 28.9 Å². The quantitative estimate of drug-likeness (QED) is 0.862. The topological polar surface area (TPSA) is 59.4 Å². The molecule has 2 heterocycles. The molecule has 124 valence electrons. The van der Waals surface area contributed by atoms with Crippen molar-refractivity contribution >= 4 is 5.91 Å². The van der Waals surface area contributed by atoms with Crippen LogP contribution >= 0.6 is 0 Å².